The molecule has 86 valence electrons. The van der Waals surface area contributed by atoms with Crippen LogP contribution >= 0.6 is 11.3 Å². The monoisotopic (exact) mass is 227 g/mol. The molecule has 0 bridgehead atoms. The van der Waals surface area contributed by atoms with Crippen molar-refractivity contribution in [1.82, 2.24) is 5.32 Å². The second-order valence-electron chi connectivity index (χ2n) is 4.65. The first-order valence-electron chi connectivity index (χ1n) is 5.46. The number of aliphatic hydroxyl groups excluding tert-OH is 1. The standard InChI is InChI=1S/C12H21NOS/c1-4-10-5-6-11(15-10)7-13-8-12(2,3)9-14/h5-6,13-14H,4,7-9H2,1-3H3. The van der Waals surface area contributed by atoms with E-state index in [1.165, 1.54) is 9.75 Å². The Balaban J connectivity index is 2.31. The van der Waals surface area contributed by atoms with E-state index in [2.05, 4.69) is 38.2 Å². The van der Waals surface area contributed by atoms with Crippen molar-refractivity contribution in [2.75, 3.05) is 13.2 Å². The Hall–Kier alpha value is -0.380. The van der Waals surface area contributed by atoms with E-state index < -0.39 is 0 Å². The van der Waals surface area contributed by atoms with E-state index in [4.69, 9.17) is 5.11 Å². The van der Waals surface area contributed by atoms with E-state index in [0.29, 0.717) is 0 Å². The predicted molar refractivity (Wildman–Crippen MR) is 66.3 cm³/mol. The number of hydrogen-bond acceptors (Lipinski definition) is 3. The van der Waals surface area contributed by atoms with Crippen molar-refractivity contribution < 1.29 is 5.11 Å². The van der Waals surface area contributed by atoms with Gasteiger partial charge < -0.3 is 10.4 Å². The second kappa shape index (κ2) is 5.64. The second-order valence-corrected chi connectivity index (χ2v) is 5.90. The number of rotatable bonds is 6. The van der Waals surface area contributed by atoms with E-state index in [1.807, 2.05) is 11.3 Å². The summed E-state index contributed by atoms with van der Waals surface area (Å²) in [6.45, 7) is 8.29. The van der Waals surface area contributed by atoms with Gasteiger partial charge in [0, 0.05) is 34.9 Å². The molecule has 3 heteroatoms. The highest BCUT2D eigenvalue weighted by Gasteiger charge is 2.15. The largest absolute Gasteiger partial charge is 0.396 e. The lowest BCUT2D eigenvalue weighted by atomic mass is 9.95. The Kier molecular flexibility index (Phi) is 4.77. The fourth-order valence-electron chi connectivity index (χ4n) is 1.29. The van der Waals surface area contributed by atoms with E-state index in [1.54, 1.807) is 0 Å². The fourth-order valence-corrected chi connectivity index (χ4v) is 2.21. The van der Waals surface area contributed by atoms with Gasteiger partial charge in [0.25, 0.3) is 0 Å². The maximum absolute atomic E-state index is 9.10. The molecule has 0 aliphatic rings. The molecule has 0 aliphatic heterocycles. The Morgan fingerprint density at radius 3 is 2.53 bits per heavy atom. The SMILES string of the molecule is CCc1ccc(CNCC(C)(C)CO)s1. The van der Waals surface area contributed by atoms with Gasteiger partial charge in [0.1, 0.15) is 0 Å². The van der Waals surface area contributed by atoms with Gasteiger partial charge in [-0.15, -0.1) is 11.3 Å². The molecule has 0 spiro atoms. The first-order chi connectivity index (χ1) is 7.07. The molecule has 0 unspecified atom stereocenters. The van der Waals surface area contributed by atoms with Crippen LogP contribution < -0.4 is 5.32 Å². The molecule has 1 aromatic rings. The van der Waals surface area contributed by atoms with Crippen LogP contribution in [-0.2, 0) is 13.0 Å². The van der Waals surface area contributed by atoms with Gasteiger partial charge in [0.15, 0.2) is 0 Å². The average Bonchev–Trinajstić information content (AvgIpc) is 2.66. The highest BCUT2D eigenvalue weighted by atomic mass is 32.1. The molecule has 1 heterocycles. The van der Waals surface area contributed by atoms with Crippen LogP contribution in [0.4, 0.5) is 0 Å². The van der Waals surface area contributed by atoms with Crippen molar-refractivity contribution in [2.24, 2.45) is 5.41 Å². The smallest absolute Gasteiger partial charge is 0.0494 e. The predicted octanol–water partition coefficient (Wildman–Crippen LogP) is 2.42. The first kappa shape index (κ1) is 12.7. The zero-order valence-corrected chi connectivity index (χ0v) is 10.7. The minimum absolute atomic E-state index is 0.0230. The van der Waals surface area contributed by atoms with Crippen LogP contribution in [0.2, 0.25) is 0 Å². The molecule has 15 heavy (non-hydrogen) atoms. The molecule has 0 aromatic carbocycles. The Morgan fingerprint density at radius 1 is 1.33 bits per heavy atom. The molecule has 0 aliphatic carbocycles. The van der Waals surface area contributed by atoms with Crippen LogP contribution in [-0.4, -0.2) is 18.3 Å². The number of aliphatic hydroxyl groups is 1. The highest BCUT2D eigenvalue weighted by molar-refractivity contribution is 7.11. The minimum atomic E-state index is -0.0230. The van der Waals surface area contributed by atoms with Crippen molar-refractivity contribution >= 4 is 11.3 Å². The van der Waals surface area contributed by atoms with Gasteiger partial charge in [-0.05, 0) is 18.6 Å². The summed E-state index contributed by atoms with van der Waals surface area (Å²) in [4.78, 5) is 2.81. The zero-order chi connectivity index (χ0) is 11.3. The summed E-state index contributed by atoms with van der Waals surface area (Å²) in [5.41, 5.74) is -0.0230. The van der Waals surface area contributed by atoms with Gasteiger partial charge in [-0.2, -0.15) is 0 Å². The van der Waals surface area contributed by atoms with Crippen molar-refractivity contribution in [3.05, 3.63) is 21.9 Å². The molecule has 1 aromatic heterocycles. The van der Waals surface area contributed by atoms with Crippen LogP contribution in [0, 0.1) is 5.41 Å². The minimum Gasteiger partial charge on any atom is -0.396 e. The van der Waals surface area contributed by atoms with E-state index in [0.717, 1.165) is 19.5 Å². The maximum Gasteiger partial charge on any atom is 0.0494 e. The highest BCUT2D eigenvalue weighted by Crippen LogP contribution is 2.17. The quantitative estimate of drug-likeness (QED) is 0.782. The molecule has 0 atom stereocenters. The van der Waals surface area contributed by atoms with Gasteiger partial charge in [0.2, 0.25) is 0 Å². The van der Waals surface area contributed by atoms with E-state index in [-0.39, 0.29) is 12.0 Å². The molecule has 0 amide bonds. The Morgan fingerprint density at radius 2 is 2.00 bits per heavy atom. The topological polar surface area (TPSA) is 32.3 Å². The van der Waals surface area contributed by atoms with Gasteiger partial charge in [0.05, 0.1) is 0 Å². The summed E-state index contributed by atoms with van der Waals surface area (Å²) >= 11 is 1.87. The van der Waals surface area contributed by atoms with Crippen molar-refractivity contribution in [3.63, 3.8) is 0 Å². The Bertz CT molecular complexity index is 294. The van der Waals surface area contributed by atoms with Gasteiger partial charge >= 0.3 is 0 Å². The van der Waals surface area contributed by atoms with Crippen LogP contribution in [0.25, 0.3) is 0 Å². The summed E-state index contributed by atoms with van der Waals surface area (Å²) in [5, 5.41) is 12.5. The summed E-state index contributed by atoms with van der Waals surface area (Å²) in [7, 11) is 0. The molecular formula is C12H21NOS. The van der Waals surface area contributed by atoms with Crippen molar-refractivity contribution in [2.45, 2.75) is 33.7 Å². The molecule has 0 radical (unpaired) electrons. The number of aryl methyl sites for hydroxylation is 1. The third-order valence-corrected chi connectivity index (χ3v) is 3.63. The lowest BCUT2D eigenvalue weighted by molar-refractivity contribution is 0.157. The zero-order valence-electron chi connectivity index (χ0n) is 9.84. The van der Waals surface area contributed by atoms with Crippen LogP contribution in [0.1, 0.15) is 30.5 Å². The Labute approximate surface area is 96.3 Å². The fraction of sp³-hybridized carbons (Fsp3) is 0.667. The van der Waals surface area contributed by atoms with Crippen LogP contribution in [0.5, 0.6) is 0 Å². The molecule has 0 fully saturated rings. The van der Waals surface area contributed by atoms with Crippen LogP contribution in [0.3, 0.4) is 0 Å². The van der Waals surface area contributed by atoms with E-state index in [9.17, 15) is 0 Å². The third kappa shape index (κ3) is 4.33. The van der Waals surface area contributed by atoms with Crippen molar-refractivity contribution in [1.29, 1.82) is 0 Å². The molecule has 2 nitrogen and oxygen atoms in total. The number of nitrogens with one attached hydrogen (secondary N) is 1. The summed E-state index contributed by atoms with van der Waals surface area (Å²) in [6.07, 6.45) is 1.12. The van der Waals surface area contributed by atoms with E-state index >= 15 is 0 Å². The first-order valence-corrected chi connectivity index (χ1v) is 6.28. The summed E-state index contributed by atoms with van der Waals surface area (Å²) in [5.74, 6) is 0. The number of hydrogen-bond donors (Lipinski definition) is 2. The third-order valence-electron chi connectivity index (χ3n) is 2.40. The number of thiophene rings is 1. The summed E-state index contributed by atoms with van der Waals surface area (Å²) < 4.78 is 0. The lowest BCUT2D eigenvalue weighted by Gasteiger charge is -2.21. The molecule has 2 N–H and O–H groups in total. The average molecular weight is 227 g/mol. The normalized spacial score (nSPS) is 12.0. The summed E-state index contributed by atoms with van der Waals surface area (Å²) in [6, 6.07) is 4.38. The van der Waals surface area contributed by atoms with Gasteiger partial charge in [-0.3, -0.25) is 0 Å². The molecule has 1 rings (SSSR count). The molecule has 0 saturated carbocycles. The van der Waals surface area contributed by atoms with Crippen LogP contribution in [0.15, 0.2) is 12.1 Å². The van der Waals surface area contributed by atoms with Gasteiger partial charge in [-0.1, -0.05) is 20.8 Å². The van der Waals surface area contributed by atoms with Crippen molar-refractivity contribution in [3.8, 4) is 0 Å². The van der Waals surface area contributed by atoms with Gasteiger partial charge in [-0.25, -0.2) is 0 Å². The lowest BCUT2D eigenvalue weighted by Crippen LogP contribution is -2.31. The maximum atomic E-state index is 9.10. The molecular weight excluding hydrogens is 206 g/mol. The molecule has 0 saturated heterocycles.